The zero-order valence-electron chi connectivity index (χ0n) is 16.5. The highest BCUT2D eigenvalue weighted by atomic mass is 35.5. The van der Waals surface area contributed by atoms with Crippen molar-refractivity contribution in [3.05, 3.63) is 65.2 Å². The van der Waals surface area contributed by atoms with Crippen molar-refractivity contribution in [1.29, 1.82) is 0 Å². The molecule has 1 amide bonds. The van der Waals surface area contributed by atoms with Crippen LogP contribution in [-0.4, -0.2) is 30.5 Å². The number of rotatable bonds is 6. The monoisotopic (exact) mass is 420 g/mol. The van der Waals surface area contributed by atoms with Crippen LogP contribution in [0.25, 0.3) is 22.2 Å². The average molecular weight is 421 g/mol. The first kappa shape index (κ1) is 18.8. The topological polar surface area (TPSA) is 77.6 Å². The molecule has 2 aromatic carbocycles. The molecule has 30 heavy (non-hydrogen) atoms. The molecule has 0 unspecified atom stereocenters. The van der Waals surface area contributed by atoms with Crippen LogP contribution in [0.2, 0.25) is 5.02 Å². The van der Waals surface area contributed by atoms with E-state index in [1.54, 1.807) is 17.1 Å². The quantitative estimate of drug-likeness (QED) is 0.514. The Morgan fingerprint density at radius 3 is 2.70 bits per heavy atom. The summed E-state index contributed by atoms with van der Waals surface area (Å²) in [7, 11) is 1.83. The Kier molecular flexibility index (Phi) is 4.75. The number of imidazole rings is 1. The number of benzene rings is 2. The van der Waals surface area contributed by atoms with Crippen molar-refractivity contribution in [3.63, 3.8) is 0 Å². The van der Waals surface area contributed by atoms with E-state index in [0.29, 0.717) is 17.3 Å². The number of carbonyl (C=O) groups excluding carboxylic acids is 1. The Morgan fingerprint density at radius 2 is 2.00 bits per heavy atom. The van der Waals surface area contributed by atoms with Gasteiger partial charge in [-0.1, -0.05) is 47.1 Å². The normalized spacial score (nSPS) is 13.7. The second kappa shape index (κ2) is 7.57. The number of fused-ring (bicyclic) bond motifs is 1. The molecule has 0 bridgehead atoms. The Hall–Kier alpha value is -3.19. The van der Waals surface area contributed by atoms with E-state index in [0.717, 1.165) is 40.2 Å². The molecular weight excluding hydrogens is 400 g/mol. The molecule has 0 atom stereocenters. The number of halogens is 1. The maximum Gasteiger partial charge on any atom is 0.271 e. The average Bonchev–Trinajstić information content (AvgIpc) is 3.31. The van der Waals surface area contributed by atoms with Crippen molar-refractivity contribution in [2.24, 2.45) is 13.0 Å². The van der Waals surface area contributed by atoms with Crippen LogP contribution < -0.4 is 5.32 Å². The molecule has 2 aromatic heterocycles. The molecule has 0 aliphatic heterocycles. The van der Waals surface area contributed by atoms with Crippen molar-refractivity contribution in [2.75, 3.05) is 0 Å². The zero-order chi connectivity index (χ0) is 20.7. The molecule has 0 saturated heterocycles. The fourth-order valence-corrected chi connectivity index (χ4v) is 3.82. The molecule has 0 spiro atoms. The Balaban J connectivity index is 1.31. The smallest absolute Gasteiger partial charge is 0.271 e. The summed E-state index contributed by atoms with van der Waals surface area (Å²) < 4.78 is 3.70. The van der Waals surface area contributed by atoms with E-state index in [1.807, 2.05) is 48.1 Å². The van der Waals surface area contributed by atoms with Gasteiger partial charge < -0.3 is 9.88 Å². The summed E-state index contributed by atoms with van der Waals surface area (Å²) in [5, 5.41) is 12.1. The minimum atomic E-state index is -0.192. The number of aryl methyl sites for hydroxylation is 1. The molecule has 8 heteroatoms. The van der Waals surface area contributed by atoms with Gasteiger partial charge in [0.25, 0.3) is 5.91 Å². The van der Waals surface area contributed by atoms with Crippen molar-refractivity contribution >= 4 is 28.5 Å². The van der Waals surface area contributed by atoms with Gasteiger partial charge in [0.15, 0.2) is 0 Å². The summed E-state index contributed by atoms with van der Waals surface area (Å²) in [5.41, 5.74) is 5.04. The lowest BCUT2D eigenvalue weighted by atomic mass is 10.0. The first-order chi connectivity index (χ1) is 14.6. The third-order valence-electron chi connectivity index (χ3n) is 5.41. The van der Waals surface area contributed by atoms with Crippen LogP contribution in [0.4, 0.5) is 0 Å². The van der Waals surface area contributed by atoms with Crippen molar-refractivity contribution < 1.29 is 4.79 Å². The third-order valence-corrected chi connectivity index (χ3v) is 5.79. The summed E-state index contributed by atoms with van der Waals surface area (Å²) in [6.45, 7) is 1.34. The first-order valence-electron chi connectivity index (χ1n) is 9.95. The van der Waals surface area contributed by atoms with Crippen LogP contribution in [0.5, 0.6) is 0 Å². The molecule has 2 heterocycles. The number of nitrogens with zero attached hydrogens (tertiary/aromatic N) is 5. The highest BCUT2D eigenvalue weighted by molar-refractivity contribution is 6.37. The van der Waals surface area contributed by atoms with Gasteiger partial charge in [-0.15, -0.1) is 5.10 Å². The van der Waals surface area contributed by atoms with Gasteiger partial charge in [-0.3, -0.25) is 4.79 Å². The van der Waals surface area contributed by atoms with Crippen molar-refractivity contribution in [2.45, 2.75) is 25.9 Å². The van der Waals surface area contributed by atoms with Crippen LogP contribution in [0.1, 0.15) is 28.9 Å². The number of hydrogen-bond acceptors (Lipinski definition) is 4. The van der Waals surface area contributed by atoms with E-state index in [4.69, 9.17) is 11.6 Å². The molecule has 1 N–H and O–H groups in total. The van der Waals surface area contributed by atoms with Gasteiger partial charge in [0.2, 0.25) is 0 Å². The largest absolute Gasteiger partial charge is 0.347 e. The maximum absolute atomic E-state index is 12.1. The Bertz CT molecular complexity index is 1220. The summed E-state index contributed by atoms with van der Waals surface area (Å²) in [6.07, 6.45) is 5.83. The van der Waals surface area contributed by atoms with E-state index in [9.17, 15) is 4.79 Å². The lowest BCUT2D eigenvalue weighted by Gasteiger charge is -2.08. The SMILES string of the molecule is Cn1cnc(C(=O)NCc2ccc(-c3ccc4c(nnn4CC4CC4)c3Cl)cc2)c1. The Labute approximate surface area is 178 Å². The zero-order valence-corrected chi connectivity index (χ0v) is 17.3. The van der Waals surface area contributed by atoms with Crippen LogP contribution in [0.15, 0.2) is 48.9 Å². The van der Waals surface area contributed by atoms with Crippen molar-refractivity contribution in [1.82, 2.24) is 29.9 Å². The van der Waals surface area contributed by atoms with Crippen LogP contribution in [0.3, 0.4) is 0 Å². The highest BCUT2D eigenvalue weighted by Gasteiger charge is 2.23. The summed E-state index contributed by atoms with van der Waals surface area (Å²) >= 11 is 6.67. The predicted octanol–water partition coefficient (Wildman–Crippen LogP) is 3.83. The number of nitrogens with one attached hydrogen (secondary N) is 1. The molecule has 4 aromatic rings. The van der Waals surface area contributed by atoms with E-state index < -0.39 is 0 Å². The predicted molar refractivity (Wildman–Crippen MR) is 115 cm³/mol. The number of aromatic nitrogens is 5. The van der Waals surface area contributed by atoms with Crippen LogP contribution in [-0.2, 0) is 20.1 Å². The van der Waals surface area contributed by atoms with Gasteiger partial charge in [-0.2, -0.15) is 0 Å². The fourth-order valence-electron chi connectivity index (χ4n) is 3.51. The lowest BCUT2D eigenvalue weighted by molar-refractivity contribution is 0.0946. The van der Waals surface area contributed by atoms with Gasteiger partial charge in [0.1, 0.15) is 11.2 Å². The molecule has 1 aliphatic carbocycles. The molecule has 1 fully saturated rings. The molecule has 0 radical (unpaired) electrons. The molecule has 5 rings (SSSR count). The Morgan fingerprint density at radius 1 is 1.20 bits per heavy atom. The molecular formula is C22H21ClN6O. The maximum atomic E-state index is 12.1. The van der Waals surface area contributed by atoms with E-state index in [-0.39, 0.29) is 5.91 Å². The van der Waals surface area contributed by atoms with Crippen molar-refractivity contribution in [3.8, 4) is 11.1 Å². The molecule has 7 nitrogen and oxygen atoms in total. The minimum absolute atomic E-state index is 0.192. The van der Waals surface area contributed by atoms with Gasteiger partial charge in [-0.05, 0) is 36.0 Å². The minimum Gasteiger partial charge on any atom is -0.347 e. The molecule has 1 saturated carbocycles. The first-order valence-corrected chi connectivity index (χ1v) is 10.3. The summed E-state index contributed by atoms with van der Waals surface area (Å²) in [4.78, 5) is 16.2. The van der Waals surface area contributed by atoms with Gasteiger partial charge in [0.05, 0.1) is 16.9 Å². The fraction of sp³-hybridized carbons (Fsp3) is 0.273. The van der Waals surface area contributed by atoms with E-state index in [2.05, 4.69) is 20.6 Å². The second-order valence-corrected chi connectivity index (χ2v) is 8.19. The molecule has 152 valence electrons. The second-order valence-electron chi connectivity index (χ2n) is 7.81. The lowest BCUT2D eigenvalue weighted by Crippen LogP contribution is -2.23. The summed E-state index contributed by atoms with van der Waals surface area (Å²) in [5.74, 6) is 0.529. The van der Waals surface area contributed by atoms with Gasteiger partial charge >= 0.3 is 0 Å². The number of carbonyl (C=O) groups is 1. The molecule has 1 aliphatic rings. The summed E-state index contributed by atoms with van der Waals surface area (Å²) in [6, 6.07) is 12.0. The van der Waals surface area contributed by atoms with E-state index >= 15 is 0 Å². The van der Waals surface area contributed by atoms with Crippen LogP contribution in [0, 0.1) is 5.92 Å². The standard InChI is InChI=1S/C22H21ClN6O/c1-28-12-18(25-13-28)22(30)24-10-14-4-6-16(7-5-14)17-8-9-19-21(20(17)23)26-27-29(19)11-15-2-3-15/h4-9,12-13,15H,2-3,10-11H2,1H3,(H,24,30). The number of hydrogen-bond donors (Lipinski definition) is 1. The van der Waals surface area contributed by atoms with Gasteiger partial charge in [0, 0.05) is 31.9 Å². The highest BCUT2D eigenvalue weighted by Crippen LogP contribution is 2.35. The van der Waals surface area contributed by atoms with Crippen LogP contribution >= 0.6 is 11.6 Å². The van der Waals surface area contributed by atoms with E-state index in [1.165, 1.54) is 12.8 Å². The third kappa shape index (κ3) is 3.68. The van der Waals surface area contributed by atoms with Gasteiger partial charge in [-0.25, -0.2) is 9.67 Å². The number of amides is 1.